The summed E-state index contributed by atoms with van der Waals surface area (Å²) in [5.41, 5.74) is 3.35. The van der Waals surface area contributed by atoms with Crippen LogP contribution in [-0.2, 0) is 11.3 Å². The largest absolute Gasteiger partial charge is 0.491 e. The summed E-state index contributed by atoms with van der Waals surface area (Å²) in [7, 11) is 0. The third-order valence-electron chi connectivity index (χ3n) is 3.61. The van der Waals surface area contributed by atoms with E-state index in [9.17, 15) is 4.79 Å². The Morgan fingerprint density at radius 3 is 2.54 bits per heavy atom. The monoisotopic (exact) mass is 327 g/mol. The van der Waals surface area contributed by atoms with Crippen LogP contribution < -0.4 is 14.8 Å². The first-order valence-corrected chi connectivity index (χ1v) is 8.16. The Labute approximate surface area is 143 Å². The van der Waals surface area contributed by atoms with Gasteiger partial charge in [-0.1, -0.05) is 18.2 Å². The van der Waals surface area contributed by atoms with E-state index < -0.39 is 0 Å². The second-order valence-corrected chi connectivity index (χ2v) is 6.13. The minimum Gasteiger partial charge on any atom is -0.491 e. The highest BCUT2D eigenvalue weighted by atomic mass is 16.5. The first-order chi connectivity index (χ1) is 11.4. The van der Waals surface area contributed by atoms with Crippen molar-refractivity contribution >= 4 is 5.91 Å². The van der Waals surface area contributed by atoms with Crippen LogP contribution >= 0.6 is 0 Å². The van der Waals surface area contributed by atoms with Crippen molar-refractivity contribution in [2.45, 2.75) is 40.3 Å². The van der Waals surface area contributed by atoms with Gasteiger partial charge in [-0.25, -0.2) is 0 Å². The van der Waals surface area contributed by atoms with Crippen LogP contribution in [0.15, 0.2) is 42.5 Å². The summed E-state index contributed by atoms with van der Waals surface area (Å²) in [5, 5.41) is 2.86. The van der Waals surface area contributed by atoms with Gasteiger partial charge in [-0.05, 0) is 68.7 Å². The maximum Gasteiger partial charge on any atom is 0.258 e. The van der Waals surface area contributed by atoms with Crippen molar-refractivity contribution in [1.29, 1.82) is 0 Å². The minimum atomic E-state index is -0.150. The van der Waals surface area contributed by atoms with Crippen LogP contribution in [0.2, 0.25) is 0 Å². The SMILES string of the molecule is Cc1ccc(OCC(=O)NCc2cccc(OC(C)C)c2)cc1C. The van der Waals surface area contributed by atoms with Gasteiger partial charge in [0.2, 0.25) is 0 Å². The van der Waals surface area contributed by atoms with Gasteiger partial charge in [-0.3, -0.25) is 4.79 Å². The maximum absolute atomic E-state index is 11.9. The molecule has 0 unspecified atom stereocenters. The van der Waals surface area contributed by atoms with Gasteiger partial charge < -0.3 is 14.8 Å². The average Bonchev–Trinajstić information content (AvgIpc) is 2.54. The van der Waals surface area contributed by atoms with E-state index in [2.05, 4.69) is 5.32 Å². The summed E-state index contributed by atoms with van der Waals surface area (Å²) in [6, 6.07) is 13.5. The molecule has 0 bridgehead atoms. The van der Waals surface area contributed by atoms with Crippen molar-refractivity contribution in [3.05, 3.63) is 59.2 Å². The number of hydrogen-bond acceptors (Lipinski definition) is 3. The van der Waals surface area contributed by atoms with Crippen LogP contribution in [0, 0.1) is 13.8 Å². The fourth-order valence-electron chi connectivity index (χ4n) is 2.21. The summed E-state index contributed by atoms with van der Waals surface area (Å²) in [4.78, 5) is 11.9. The van der Waals surface area contributed by atoms with Crippen molar-refractivity contribution in [1.82, 2.24) is 5.32 Å². The lowest BCUT2D eigenvalue weighted by Crippen LogP contribution is -2.28. The first-order valence-electron chi connectivity index (χ1n) is 8.16. The lowest BCUT2D eigenvalue weighted by atomic mass is 10.1. The molecule has 2 aromatic carbocycles. The zero-order valence-corrected chi connectivity index (χ0v) is 14.8. The Bertz CT molecular complexity index is 695. The molecule has 24 heavy (non-hydrogen) atoms. The molecule has 2 aromatic rings. The van der Waals surface area contributed by atoms with Crippen molar-refractivity contribution < 1.29 is 14.3 Å². The molecule has 0 saturated carbocycles. The van der Waals surface area contributed by atoms with E-state index in [4.69, 9.17) is 9.47 Å². The topological polar surface area (TPSA) is 47.6 Å². The Balaban J connectivity index is 1.81. The fraction of sp³-hybridized carbons (Fsp3) is 0.350. The molecular weight excluding hydrogens is 302 g/mol. The van der Waals surface area contributed by atoms with Crippen molar-refractivity contribution in [3.8, 4) is 11.5 Å². The molecule has 0 atom stereocenters. The standard InChI is InChI=1S/C20H25NO3/c1-14(2)24-19-7-5-6-17(11-19)12-21-20(22)13-23-18-9-8-15(3)16(4)10-18/h5-11,14H,12-13H2,1-4H3,(H,21,22). The zero-order chi connectivity index (χ0) is 17.5. The molecule has 0 aliphatic rings. The number of carbonyl (C=O) groups excluding carboxylic acids is 1. The lowest BCUT2D eigenvalue weighted by Gasteiger charge is -2.12. The van der Waals surface area contributed by atoms with Crippen LogP contribution in [0.3, 0.4) is 0 Å². The summed E-state index contributed by atoms with van der Waals surface area (Å²) >= 11 is 0. The molecule has 0 aliphatic carbocycles. The third-order valence-corrected chi connectivity index (χ3v) is 3.61. The van der Waals surface area contributed by atoms with E-state index in [1.165, 1.54) is 5.56 Å². The highest BCUT2D eigenvalue weighted by Gasteiger charge is 2.05. The van der Waals surface area contributed by atoms with E-state index in [1.807, 2.05) is 70.2 Å². The molecule has 0 saturated heterocycles. The van der Waals surface area contributed by atoms with Crippen molar-refractivity contribution in [2.75, 3.05) is 6.61 Å². The molecule has 128 valence electrons. The molecule has 0 radical (unpaired) electrons. The van der Waals surface area contributed by atoms with Gasteiger partial charge in [0, 0.05) is 6.54 Å². The smallest absolute Gasteiger partial charge is 0.258 e. The molecule has 0 fully saturated rings. The van der Waals surface area contributed by atoms with Gasteiger partial charge in [0.25, 0.3) is 5.91 Å². The first kappa shape index (κ1) is 17.9. The highest BCUT2D eigenvalue weighted by molar-refractivity contribution is 5.77. The molecule has 4 nitrogen and oxygen atoms in total. The second-order valence-electron chi connectivity index (χ2n) is 6.13. The zero-order valence-electron chi connectivity index (χ0n) is 14.8. The van der Waals surface area contributed by atoms with Gasteiger partial charge in [-0.15, -0.1) is 0 Å². The van der Waals surface area contributed by atoms with Crippen LogP contribution in [-0.4, -0.2) is 18.6 Å². The Hall–Kier alpha value is -2.49. The normalized spacial score (nSPS) is 10.5. The number of carbonyl (C=O) groups is 1. The van der Waals surface area contributed by atoms with Crippen LogP contribution in [0.1, 0.15) is 30.5 Å². The maximum atomic E-state index is 11.9. The van der Waals surface area contributed by atoms with Crippen molar-refractivity contribution in [3.63, 3.8) is 0 Å². The van der Waals surface area contributed by atoms with Crippen LogP contribution in [0.25, 0.3) is 0 Å². The van der Waals surface area contributed by atoms with E-state index in [0.29, 0.717) is 12.3 Å². The fourth-order valence-corrected chi connectivity index (χ4v) is 2.21. The second kappa shape index (κ2) is 8.39. The van der Waals surface area contributed by atoms with Gasteiger partial charge in [0.1, 0.15) is 11.5 Å². The number of rotatable bonds is 7. The number of hydrogen-bond donors (Lipinski definition) is 1. The van der Waals surface area contributed by atoms with E-state index >= 15 is 0 Å². The number of nitrogens with one attached hydrogen (secondary N) is 1. The highest BCUT2D eigenvalue weighted by Crippen LogP contribution is 2.16. The van der Waals surface area contributed by atoms with Crippen LogP contribution in [0.5, 0.6) is 11.5 Å². The predicted octanol–water partition coefficient (Wildman–Crippen LogP) is 3.79. The molecule has 0 spiro atoms. The molecule has 0 aliphatic heterocycles. The number of amides is 1. The van der Waals surface area contributed by atoms with E-state index in [0.717, 1.165) is 16.9 Å². The molecule has 0 aromatic heterocycles. The van der Waals surface area contributed by atoms with Gasteiger partial charge in [0.05, 0.1) is 6.10 Å². The number of benzene rings is 2. The molecule has 4 heteroatoms. The summed E-state index contributed by atoms with van der Waals surface area (Å²) < 4.78 is 11.2. The summed E-state index contributed by atoms with van der Waals surface area (Å²) in [5.74, 6) is 1.37. The number of ether oxygens (including phenoxy) is 2. The minimum absolute atomic E-state index is 0.00465. The molecule has 1 N–H and O–H groups in total. The van der Waals surface area contributed by atoms with Gasteiger partial charge >= 0.3 is 0 Å². The summed E-state index contributed by atoms with van der Waals surface area (Å²) in [6.45, 7) is 8.49. The quantitative estimate of drug-likeness (QED) is 0.842. The van der Waals surface area contributed by atoms with Crippen molar-refractivity contribution in [2.24, 2.45) is 0 Å². The van der Waals surface area contributed by atoms with Gasteiger partial charge in [0.15, 0.2) is 6.61 Å². The predicted molar refractivity (Wildman–Crippen MR) is 95.5 cm³/mol. The molecule has 1 amide bonds. The molecular formula is C20H25NO3. The third kappa shape index (κ3) is 5.61. The lowest BCUT2D eigenvalue weighted by molar-refractivity contribution is -0.123. The Morgan fingerprint density at radius 1 is 1.04 bits per heavy atom. The molecule has 0 heterocycles. The molecule has 2 rings (SSSR count). The Morgan fingerprint density at radius 2 is 1.83 bits per heavy atom. The van der Waals surface area contributed by atoms with Gasteiger partial charge in [-0.2, -0.15) is 0 Å². The Kier molecular flexibility index (Phi) is 6.24. The number of aryl methyl sites for hydroxylation is 2. The average molecular weight is 327 g/mol. The van der Waals surface area contributed by atoms with E-state index in [-0.39, 0.29) is 18.6 Å². The van der Waals surface area contributed by atoms with Crippen LogP contribution in [0.4, 0.5) is 0 Å². The van der Waals surface area contributed by atoms with E-state index in [1.54, 1.807) is 0 Å². The summed E-state index contributed by atoms with van der Waals surface area (Å²) in [6.07, 6.45) is 0.126.